The van der Waals surface area contributed by atoms with E-state index in [0.717, 1.165) is 5.56 Å². The van der Waals surface area contributed by atoms with Crippen LogP contribution < -0.4 is 5.32 Å². The summed E-state index contributed by atoms with van der Waals surface area (Å²) < 4.78 is 6.87. The standard InChI is InChI=1S/C15H15N5O2/c1-2-20-14(17-18-19-20)11-5-3-6-12(9-11)15(21)16-10-13-7-4-8-22-13/h3-9H,2,10H2,1H3,(H,16,21). The Bertz CT molecular complexity index is 764. The molecule has 0 saturated carbocycles. The van der Waals surface area contributed by atoms with Gasteiger partial charge in [-0.3, -0.25) is 4.79 Å². The minimum absolute atomic E-state index is 0.172. The van der Waals surface area contributed by atoms with E-state index in [-0.39, 0.29) is 5.91 Å². The van der Waals surface area contributed by atoms with Crippen molar-refractivity contribution in [1.29, 1.82) is 0 Å². The first-order valence-corrected chi connectivity index (χ1v) is 6.95. The van der Waals surface area contributed by atoms with E-state index >= 15 is 0 Å². The van der Waals surface area contributed by atoms with E-state index in [0.29, 0.717) is 30.2 Å². The van der Waals surface area contributed by atoms with Crippen molar-refractivity contribution in [2.45, 2.75) is 20.0 Å². The van der Waals surface area contributed by atoms with Crippen LogP contribution >= 0.6 is 0 Å². The first kappa shape index (κ1) is 14.0. The zero-order chi connectivity index (χ0) is 15.4. The Morgan fingerprint density at radius 2 is 2.23 bits per heavy atom. The maximum absolute atomic E-state index is 12.2. The lowest BCUT2D eigenvalue weighted by Crippen LogP contribution is -2.22. The number of benzene rings is 1. The SMILES string of the molecule is CCn1nnnc1-c1cccc(C(=O)NCc2ccco2)c1. The summed E-state index contributed by atoms with van der Waals surface area (Å²) in [6.45, 7) is 2.97. The maximum atomic E-state index is 12.2. The van der Waals surface area contributed by atoms with Gasteiger partial charge in [-0.1, -0.05) is 12.1 Å². The molecule has 0 spiro atoms. The molecule has 1 amide bonds. The first-order chi connectivity index (χ1) is 10.8. The molecule has 0 aliphatic heterocycles. The molecule has 0 saturated heterocycles. The van der Waals surface area contributed by atoms with Crippen molar-refractivity contribution in [2.75, 3.05) is 0 Å². The zero-order valence-electron chi connectivity index (χ0n) is 12.1. The normalized spacial score (nSPS) is 10.6. The largest absolute Gasteiger partial charge is 0.467 e. The highest BCUT2D eigenvalue weighted by Crippen LogP contribution is 2.17. The Morgan fingerprint density at radius 3 is 3.00 bits per heavy atom. The second-order valence-electron chi connectivity index (χ2n) is 4.66. The molecule has 0 bridgehead atoms. The van der Waals surface area contributed by atoms with Crippen molar-refractivity contribution in [3.8, 4) is 11.4 Å². The summed E-state index contributed by atoms with van der Waals surface area (Å²) in [5.74, 6) is 1.18. The number of carbonyl (C=O) groups is 1. The van der Waals surface area contributed by atoms with Crippen molar-refractivity contribution in [3.63, 3.8) is 0 Å². The second kappa shape index (κ2) is 6.21. The molecule has 2 heterocycles. The van der Waals surface area contributed by atoms with Crippen molar-refractivity contribution >= 4 is 5.91 Å². The van der Waals surface area contributed by atoms with Crippen molar-refractivity contribution in [1.82, 2.24) is 25.5 Å². The number of aryl methyl sites for hydroxylation is 1. The van der Waals surface area contributed by atoms with Gasteiger partial charge in [0.2, 0.25) is 0 Å². The summed E-state index contributed by atoms with van der Waals surface area (Å²) in [5.41, 5.74) is 1.35. The molecule has 3 aromatic rings. The summed E-state index contributed by atoms with van der Waals surface area (Å²) in [5, 5.41) is 14.4. The number of rotatable bonds is 5. The van der Waals surface area contributed by atoms with Gasteiger partial charge in [-0.05, 0) is 41.6 Å². The number of hydrogen-bond donors (Lipinski definition) is 1. The van der Waals surface area contributed by atoms with E-state index in [4.69, 9.17) is 4.42 Å². The smallest absolute Gasteiger partial charge is 0.251 e. The van der Waals surface area contributed by atoms with Crippen LogP contribution in [-0.2, 0) is 13.1 Å². The number of aromatic nitrogens is 4. The molecular formula is C15H15N5O2. The minimum Gasteiger partial charge on any atom is -0.467 e. The van der Waals surface area contributed by atoms with Crippen LogP contribution in [0.2, 0.25) is 0 Å². The van der Waals surface area contributed by atoms with Gasteiger partial charge in [0, 0.05) is 17.7 Å². The average Bonchev–Trinajstić information content (AvgIpc) is 3.23. The predicted octanol–water partition coefficient (Wildman–Crippen LogP) is 1.88. The maximum Gasteiger partial charge on any atom is 0.251 e. The van der Waals surface area contributed by atoms with E-state index < -0.39 is 0 Å². The van der Waals surface area contributed by atoms with Crippen molar-refractivity contribution in [3.05, 3.63) is 54.0 Å². The van der Waals surface area contributed by atoms with Crippen LogP contribution in [0.1, 0.15) is 23.0 Å². The topological polar surface area (TPSA) is 85.8 Å². The Kier molecular flexibility index (Phi) is 3.95. The van der Waals surface area contributed by atoms with Crippen LogP contribution in [0.25, 0.3) is 11.4 Å². The fourth-order valence-corrected chi connectivity index (χ4v) is 2.11. The fraction of sp³-hybridized carbons (Fsp3) is 0.200. The van der Waals surface area contributed by atoms with E-state index in [1.54, 1.807) is 29.1 Å². The van der Waals surface area contributed by atoms with Crippen LogP contribution in [0, 0.1) is 0 Å². The quantitative estimate of drug-likeness (QED) is 0.777. The highest BCUT2D eigenvalue weighted by Gasteiger charge is 2.11. The number of hydrogen-bond acceptors (Lipinski definition) is 5. The van der Waals surface area contributed by atoms with E-state index in [9.17, 15) is 4.79 Å². The molecule has 7 heteroatoms. The molecule has 1 aromatic carbocycles. The minimum atomic E-state index is -0.172. The lowest BCUT2D eigenvalue weighted by atomic mass is 10.1. The molecule has 0 unspecified atom stereocenters. The summed E-state index contributed by atoms with van der Waals surface area (Å²) in [6.07, 6.45) is 1.58. The summed E-state index contributed by atoms with van der Waals surface area (Å²) in [6, 6.07) is 10.8. The number of carbonyl (C=O) groups excluding carboxylic acids is 1. The monoisotopic (exact) mass is 297 g/mol. The van der Waals surface area contributed by atoms with Gasteiger partial charge in [0.25, 0.3) is 5.91 Å². The van der Waals surface area contributed by atoms with Crippen LogP contribution in [-0.4, -0.2) is 26.1 Å². The van der Waals surface area contributed by atoms with E-state index in [1.807, 2.05) is 25.1 Å². The van der Waals surface area contributed by atoms with Gasteiger partial charge in [0.1, 0.15) is 5.76 Å². The summed E-state index contributed by atoms with van der Waals surface area (Å²) in [4.78, 5) is 12.2. The van der Waals surface area contributed by atoms with Gasteiger partial charge in [-0.25, -0.2) is 4.68 Å². The van der Waals surface area contributed by atoms with Crippen LogP contribution in [0.3, 0.4) is 0 Å². The Balaban J connectivity index is 1.77. The summed E-state index contributed by atoms with van der Waals surface area (Å²) >= 11 is 0. The van der Waals surface area contributed by atoms with Gasteiger partial charge in [0.15, 0.2) is 5.82 Å². The van der Waals surface area contributed by atoms with E-state index in [1.165, 1.54) is 0 Å². The Labute approximate surface area is 126 Å². The molecule has 7 nitrogen and oxygen atoms in total. The second-order valence-corrected chi connectivity index (χ2v) is 4.66. The third-order valence-corrected chi connectivity index (χ3v) is 3.22. The predicted molar refractivity (Wildman–Crippen MR) is 78.8 cm³/mol. The molecule has 112 valence electrons. The van der Waals surface area contributed by atoms with Gasteiger partial charge in [0.05, 0.1) is 12.8 Å². The lowest BCUT2D eigenvalue weighted by molar-refractivity contribution is 0.0948. The molecule has 0 aliphatic rings. The molecule has 22 heavy (non-hydrogen) atoms. The number of nitrogens with zero attached hydrogens (tertiary/aromatic N) is 4. The number of amides is 1. The number of nitrogens with one attached hydrogen (secondary N) is 1. The molecule has 1 N–H and O–H groups in total. The van der Waals surface area contributed by atoms with Gasteiger partial charge >= 0.3 is 0 Å². The molecule has 3 rings (SSSR count). The molecule has 0 fully saturated rings. The van der Waals surface area contributed by atoms with Crippen molar-refractivity contribution < 1.29 is 9.21 Å². The Hall–Kier alpha value is -2.96. The van der Waals surface area contributed by atoms with Crippen LogP contribution in [0.5, 0.6) is 0 Å². The van der Waals surface area contributed by atoms with E-state index in [2.05, 4.69) is 20.8 Å². The molecule has 0 radical (unpaired) electrons. The number of tetrazole rings is 1. The van der Waals surface area contributed by atoms with Gasteiger partial charge in [-0.15, -0.1) is 5.10 Å². The highest BCUT2D eigenvalue weighted by molar-refractivity contribution is 5.95. The summed E-state index contributed by atoms with van der Waals surface area (Å²) in [7, 11) is 0. The van der Waals surface area contributed by atoms with Crippen LogP contribution in [0.4, 0.5) is 0 Å². The third kappa shape index (κ3) is 2.88. The number of furan rings is 1. The highest BCUT2D eigenvalue weighted by atomic mass is 16.3. The Morgan fingerprint density at radius 1 is 1.32 bits per heavy atom. The molecular weight excluding hydrogens is 282 g/mol. The fourth-order valence-electron chi connectivity index (χ4n) is 2.11. The lowest BCUT2D eigenvalue weighted by Gasteiger charge is -2.06. The zero-order valence-corrected chi connectivity index (χ0v) is 12.1. The van der Waals surface area contributed by atoms with Crippen molar-refractivity contribution in [2.24, 2.45) is 0 Å². The van der Waals surface area contributed by atoms with Gasteiger partial charge in [-0.2, -0.15) is 0 Å². The molecule has 0 atom stereocenters. The molecule has 0 aliphatic carbocycles. The molecule has 2 aromatic heterocycles. The average molecular weight is 297 g/mol. The first-order valence-electron chi connectivity index (χ1n) is 6.95. The van der Waals surface area contributed by atoms with Gasteiger partial charge < -0.3 is 9.73 Å². The third-order valence-electron chi connectivity index (χ3n) is 3.22. The van der Waals surface area contributed by atoms with Crippen LogP contribution in [0.15, 0.2) is 47.1 Å².